The molecule has 4 amide bonds. The Balaban J connectivity index is 0.00000533. The van der Waals surface area contributed by atoms with E-state index in [4.69, 9.17) is 4.74 Å². The fourth-order valence-corrected chi connectivity index (χ4v) is 3.95. The standard InChI is InChI=1S/C28H30N4O6.H2O/c1-17-7-5-6-8-23(17)30-28(37)31-24-14-13-22(15-26(24)38-4)32(19(3)34)21-11-9-20(10-12-21)25(16-27(35)36)29-18(2)33;/h5-15,25H,16H2,1-4H3,(H,29,33)(H,35,36)(H2,30,31,37);1H2/t25-;/m1./s1. The number of aryl methyl sites for hydroxylation is 1. The lowest BCUT2D eigenvalue weighted by Gasteiger charge is -2.24. The van der Waals surface area contributed by atoms with E-state index < -0.39 is 18.0 Å². The number of amides is 4. The number of ether oxygens (including phenoxy) is 1. The number of nitrogens with zero attached hydrogens (tertiary/aromatic N) is 1. The van der Waals surface area contributed by atoms with Gasteiger partial charge < -0.3 is 31.3 Å². The molecule has 0 heterocycles. The van der Waals surface area contributed by atoms with E-state index in [1.165, 1.54) is 25.9 Å². The number of urea groups is 1. The quantitative estimate of drug-likeness (QED) is 0.320. The Kier molecular flexibility index (Phi) is 10.6. The Morgan fingerprint density at radius 1 is 0.897 bits per heavy atom. The van der Waals surface area contributed by atoms with Crippen molar-refractivity contribution in [1.29, 1.82) is 0 Å². The van der Waals surface area contributed by atoms with Crippen LogP contribution in [-0.2, 0) is 14.4 Å². The van der Waals surface area contributed by atoms with Crippen molar-refractivity contribution in [3.63, 3.8) is 0 Å². The number of rotatable bonds is 9. The summed E-state index contributed by atoms with van der Waals surface area (Å²) in [6.07, 6.45) is -0.279. The lowest BCUT2D eigenvalue weighted by atomic mass is 10.0. The van der Waals surface area contributed by atoms with Crippen molar-refractivity contribution in [2.45, 2.75) is 33.2 Å². The third kappa shape index (κ3) is 8.04. The number of carbonyl (C=O) groups is 4. The van der Waals surface area contributed by atoms with Gasteiger partial charge in [-0.25, -0.2) is 4.79 Å². The first-order chi connectivity index (χ1) is 18.1. The molecule has 1 atom stereocenters. The predicted molar refractivity (Wildman–Crippen MR) is 149 cm³/mol. The van der Waals surface area contributed by atoms with E-state index in [9.17, 15) is 24.3 Å². The highest BCUT2D eigenvalue weighted by Crippen LogP contribution is 2.34. The molecule has 0 fully saturated rings. The third-order valence-electron chi connectivity index (χ3n) is 5.71. The largest absolute Gasteiger partial charge is 0.494 e. The van der Waals surface area contributed by atoms with Gasteiger partial charge in [0.1, 0.15) is 5.75 Å². The predicted octanol–water partition coefficient (Wildman–Crippen LogP) is 4.16. The van der Waals surface area contributed by atoms with Crippen LogP contribution < -0.4 is 25.6 Å². The summed E-state index contributed by atoms with van der Waals surface area (Å²) in [5, 5.41) is 17.4. The zero-order valence-electron chi connectivity index (χ0n) is 22.1. The number of para-hydroxylation sites is 1. The van der Waals surface area contributed by atoms with Crippen molar-refractivity contribution in [3.8, 4) is 5.75 Å². The molecule has 11 nitrogen and oxygen atoms in total. The zero-order chi connectivity index (χ0) is 27.8. The summed E-state index contributed by atoms with van der Waals surface area (Å²) in [4.78, 5) is 49.4. The van der Waals surface area contributed by atoms with Crippen LogP contribution in [0.3, 0.4) is 0 Å². The van der Waals surface area contributed by atoms with Gasteiger partial charge in [-0.05, 0) is 48.4 Å². The normalized spacial score (nSPS) is 10.9. The molecule has 0 aliphatic carbocycles. The molecule has 11 heteroatoms. The summed E-state index contributed by atoms with van der Waals surface area (Å²) in [6.45, 7) is 4.62. The lowest BCUT2D eigenvalue weighted by Crippen LogP contribution is -2.28. The molecule has 0 spiro atoms. The lowest BCUT2D eigenvalue weighted by molar-refractivity contribution is -0.137. The van der Waals surface area contributed by atoms with Crippen LogP contribution in [0, 0.1) is 6.92 Å². The topological polar surface area (TPSA) is 169 Å². The molecule has 0 aromatic heterocycles. The number of benzene rings is 3. The second-order valence-corrected chi connectivity index (χ2v) is 8.58. The number of hydrogen-bond donors (Lipinski definition) is 4. The summed E-state index contributed by atoms with van der Waals surface area (Å²) >= 11 is 0. The van der Waals surface area contributed by atoms with E-state index in [0.717, 1.165) is 5.56 Å². The molecule has 3 rings (SSSR count). The number of carboxylic acids is 1. The molecule has 0 aliphatic heterocycles. The van der Waals surface area contributed by atoms with Gasteiger partial charge in [0.25, 0.3) is 0 Å². The Bertz CT molecular complexity index is 1330. The smallest absolute Gasteiger partial charge is 0.323 e. The number of methoxy groups -OCH3 is 1. The Labute approximate surface area is 226 Å². The summed E-state index contributed by atoms with van der Waals surface area (Å²) in [7, 11) is 1.46. The highest BCUT2D eigenvalue weighted by Gasteiger charge is 2.20. The Morgan fingerprint density at radius 3 is 2.08 bits per heavy atom. The molecule has 0 unspecified atom stereocenters. The molecule has 0 radical (unpaired) electrons. The highest BCUT2D eigenvalue weighted by atomic mass is 16.5. The minimum Gasteiger partial charge on any atom is -0.494 e. The fraction of sp³-hybridized carbons (Fsp3) is 0.214. The van der Waals surface area contributed by atoms with Gasteiger partial charge in [0.05, 0.1) is 30.9 Å². The molecule has 0 saturated carbocycles. The van der Waals surface area contributed by atoms with Crippen LogP contribution in [0.15, 0.2) is 66.7 Å². The summed E-state index contributed by atoms with van der Waals surface area (Å²) in [6, 6.07) is 17.8. The van der Waals surface area contributed by atoms with Crippen LogP contribution in [0.5, 0.6) is 5.75 Å². The van der Waals surface area contributed by atoms with Gasteiger partial charge in [0, 0.05) is 31.3 Å². The van der Waals surface area contributed by atoms with E-state index in [0.29, 0.717) is 34.1 Å². The Hall–Kier alpha value is -4.90. The number of anilines is 4. The highest BCUT2D eigenvalue weighted by molar-refractivity contribution is 6.02. The minimum absolute atomic E-state index is 0. The van der Waals surface area contributed by atoms with Crippen molar-refractivity contribution in [1.82, 2.24) is 5.32 Å². The van der Waals surface area contributed by atoms with Crippen molar-refractivity contribution in [2.24, 2.45) is 0 Å². The maximum absolute atomic E-state index is 12.6. The van der Waals surface area contributed by atoms with Gasteiger partial charge in [-0.15, -0.1) is 0 Å². The molecule has 3 aromatic rings. The number of carboxylic acid groups (broad SMARTS) is 1. The average molecular weight is 537 g/mol. The first kappa shape index (κ1) is 30.3. The summed E-state index contributed by atoms with van der Waals surface area (Å²) < 4.78 is 5.47. The second-order valence-electron chi connectivity index (χ2n) is 8.58. The maximum atomic E-state index is 12.6. The van der Waals surface area contributed by atoms with Crippen LogP contribution in [-0.4, -0.2) is 41.5 Å². The van der Waals surface area contributed by atoms with Gasteiger partial charge in [-0.1, -0.05) is 30.3 Å². The van der Waals surface area contributed by atoms with Crippen LogP contribution >= 0.6 is 0 Å². The van der Waals surface area contributed by atoms with Crippen molar-refractivity contribution in [2.75, 3.05) is 22.6 Å². The van der Waals surface area contributed by atoms with E-state index in [1.807, 2.05) is 25.1 Å². The summed E-state index contributed by atoms with van der Waals surface area (Å²) in [5.74, 6) is -1.33. The Morgan fingerprint density at radius 2 is 1.51 bits per heavy atom. The summed E-state index contributed by atoms with van der Waals surface area (Å²) in [5.41, 5.74) is 3.61. The van der Waals surface area contributed by atoms with E-state index in [-0.39, 0.29) is 23.7 Å². The zero-order valence-corrected chi connectivity index (χ0v) is 22.1. The number of carbonyl (C=O) groups excluding carboxylic acids is 3. The average Bonchev–Trinajstić information content (AvgIpc) is 2.85. The third-order valence-corrected chi connectivity index (χ3v) is 5.71. The fourth-order valence-electron chi connectivity index (χ4n) is 3.95. The minimum atomic E-state index is -1.05. The van der Waals surface area contributed by atoms with Crippen molar-refractivity contribution >= 4 is 46.6 Å². The van der Waals surface area contributed by atoms with Crippen LogP contribution in [0.2, 0.25) is 0 Å². The van der Waals surface area contributed by atoms with E-state index >= 15 is 0 Å². The molecular weight excluding hydrogens is 504 g/mol. The molecule has 0 aliphatic rings. The molecule has 206 valence electrons. The van der Waals surface area contributed by atoms with Crippen LogP contribution in [0.1, 0.15) is 37.4 Å². The van der Waals surface area contributed by atoms with Gasteiger partial charge in [-0.3, -0.25) is 19.3 Å². The second kappa shape index (κ2) is 13.6. The van der Waals surface area contributed by atoms with Crippen LogP contribution in [0.25, 0.3) is 0 Å². The molecule has 6 N–H and O–H groups in total. The first-order valence-corrected chi connectivity index (χ1v) is 11.8. The van der Waals surface area contributed by atoms with Crippen LogP contribution in [0.4, 0.5) is 27.5 Å². The van der Waals surface area contributed by atoms with Crippen molar-refractivity contribution < 1.29 is 34.5 Å². The number of aliphatic carboxylic acids is 1. The van der Waals surface area contributed by atoms with Gasteiger partial charge in [0.15, 0.2) is 0 Å². The van der Waals surface area contributed by atoms with Gasteiger partial charge in [-0.2, -0.15) is 0 Å². The van der Waals surface area contributed by atoms with E-state index in [1.54, 1.807) is 48.5 Å². The SMILES string of the molecule is COc1cc(N(C(C)=O)c2ccc([C@@H](CC(=O)O)NC(C)=O)cc2)ccc1NC(=O)Nc1ccccc1C.O. The maximum Gasteiger partial charge on any atom is 0.323 e. The molecule has 0 bridgehead atoms. The van der Waals surface area contributed by atoms with Gasteiger partial charge in [0.2, 0.25) is 11.8 Å². The molecule has 3 aromatic carbocycles. The first-order valence-electron chi connectivity index (χ1n) is 11.8. The number of hydrogen-bond acceptors (Lipinski definition) is 5. The molecular formula is C28H32N4O7. The molecule has 0 saturated heterocycles. The number of nitrogens with one attached hydrogen (secondary N) is 3. The van der Waals surface area contributed by atoms with Gasteiger partial charge >= 0.3 is 12.0 Å². The monoisotopic (exact) mass is 536 g/mol. The molecule has 39 heavy (non-hydrogen) atoms. The van der Waals surface area contributed by atoms with E-state index in [2.05, 4.69) is 16.0 Å². The van der Waals surface area contributed by atoms with Crippen molar-refractivity contribution in [3.05, 3.63) is 77.9 Å².